The van der Waals surface area contributed by atoms with Crippen molar-refractivity contribution in [3.63, 3.8) is 0 Å². The van der Waals surface area contributed by atoms with Gasteiger partial charge in [-0.3, -0.25) is 14.7 Å². The fraction of sp³-hybridized carbons (Fsp3) is 0.182. The number of pyridine rings is 1. The first-order valence-electron chi connectivity index (χ1n) is 10.5. The third-order valence-electron chi connectivity index (χ3n) is 5.60. The number of hydrogen-bond acceptors (Lipinski definition) is 7. The van der Waals surface area contributed by atoms with Gasteiger partial charge in [-0.15, -0.1) is 5.10 Å². The van der Waals surface area contributed by atoms with E-state index >= 15 is 0 Å². The molecule has 1 amide bonds. The summed E-state index contributed by atoms with van der Waals surface area (Å²) in [5.41, 5.74) is 6.87. The lowest BCUT2D eigenvalue weighted by Gasteiger charge is -2.21. The maximum absolute atomic E-state index is 13.5. The van der Waals surface area contributed by atoms with E-state index in [0.29, 0.717) is 45.9 Å². The van der Waals surface area contributed by atoms with Gasteiger partial charge in [-0.2, -0.15) is 5.10 Å². The summed E-state index contributed by atoms with van der Waals surface area (Å²) in [5, 5.41) is 15.2. The van der Waals surface area contributed by atoms with Crippen LogP contribution in [0.25, 0.3) is 16.4 Å². The molecule has 0 fully saturated rings. The Hall–Kier alpha value is -4.25. The Morgan fingerprint density at radius 3 is 2.94 bits per heavy atom. The Bertz CT molecular complexity index is 1570. The van der Waals surface area contributed by atoms with E-state index in [1.54, 1.807) is 42.1 Å². The van der Waals surface area contributed by atoms with Gasteiger partial charge >= 0.3 is 0 Å². The molecule has 4 heterocycles. The number of H-pyrrole nitrogens is 1. The number of benzene rings is 1. The van der Waals surface area contributed by atoms with Gasteiger partial charge in [-0.25, -0.2) is 14.5 Å². The highest BCUT2D eigenvalue weighted by atomic mass is 35.5. The Kier molecular flexibility index (Phi) is 5.46. The van der Waals surface area contributed by atoms with Gasteiger partial charge in [-0.1, -0.05) is 23.7 Å². The molecule has 0 radical (unpaired) electrons. The normalized spacial score (nSPS) is 12.3. The van der Waals surface area contributed by atoms with E-state index in [0.717, 1.165) is 0 Å². The highest BCUT2D eigenvalue weighted by Gasteiger charge is 2.23. The van der Waals surface area contributed by atoms with Gasteiger partial charge in [-0.05, 0) is 30.5 Å². The highest BCUT2D eigenvalue weighted by molar-refractivity contribution is 6.35. The van der Waals surface area contributed by atoms with Crippen LogP contribution in [0.5, 0.6) is 0 Å². The number of nitrogens with zero attached hydrogens (tertiary/aromatic N) is 6. The van der Waals surface area contributed by atoms with Crippen LogP contribution in [0.1, 0.15) is 34.8 Å². The molecule has 172 valence electrons. The maximum Gasteiger partial charge on any atom is 0.260 e. The van der Waals surface area contributed by atoms with Crippen molar-refractivity contribution in [1.82, 2.24) is 39.7 Å². The second-order valence-corrected chi connectivity index (χ2v) is 8.16. The number of anilines is 1. The Morgan fingerprint density at radius 2 is 2.15 bits per heavy atom. The highest BCUT2D eigenvalue weighted by Crippen LogP contribution is 2.24. The average Bonchev–Trinajstić information content (AvgIpc) is 3.44. The number of aromatic amines is 1. The van der Waals surface area contributed by atoms with Crippen LogP contribution in [0, 0.1) is 0 Å². The summed E-state index contributed by atoms with van der Waals surface area (Å²) >= 11 is 6.35. The molecule has 4 aromatic heterocycles. The first kappa shape index (κ1) is 21.6. The van der Waals surface area contributed by atoms with E-state index in [9.17, 15) is 9.59 Å². The van der Waals surface area contributed by atoms with Crippen molar-refractivity contribution in [2.75, 3.05) is 5.73 Å². The molecule has 1 atom stereocenters. The zero-order chi connectivity index (χ0) is 23.8. The van der Waals surface area contributed by atoms with Crippen LogP contribution in [0.3, 0.4) is 0 Å². The molecule has 0 bridgehead atoms. The second kappa shape index (κ2) is 8.60. The molecular formula is C22H20ClN9O2. The van der Waals surface area contributed by atoms with Crippen LogP contribution in [0.4, 0.5) is 5.82 Å². The lowest BCUT2D eigenvalue weighted by molar-refractivity contribution is 0.0940. The van der Waals surface area contributed by atoms with Crippen molar-refractivity contribution in [2.24, 2.45) is 0 Å². The summed E-state index contributed by atoms with van der Waals surface area (Å²) in [5.74, 6) is 0.259. The van der Waals surface area contributed by atoms with E-state index in [2.05, 4.69) is 30.6 Å². The number of amides is 1. The van der Waals surface area contributed by atoms with Gasteiger partial charge in [0.2, 0.25) is 0 Å². The van der Waals surface area contributed by atoms with E-state index in [4.69, 9.17) is 17.3 Å². The molecule has 5 rings (SSSR count). The number of carbonyl (C=O) groups is 1. The van der Waals surface area contributed by atoms with Gasteiger partial charge in [0.05, 0.1) is 16.5 Å². The zero-order valence-electron chi connectivity index (χ0n) is 18.1. The summed E-state index contributed by atoms with van der Waals surface area (Å²) in [4.78, 5) is 35.0. The molecule has 0 aliphatic heterocycles. The quantitative estimate of drug-likeness (QED) is 0.339. The number of nitrogens with two attached hydrogens (primary N) is 1. The van der Waals surface area contributed by atoms with Crippen LogP contribution >= 0.6 is 11.6 Å². The molecule has 0 saturated carbocycles. The molecule has 34 heavy (non-hydrogen) atoms. The summed E-state index contributed by atoms with van der Waals surface area (Å²) < 4.78 is 3.04. The molecule has 4 N–H and O–H groups in total. The first-order chi connectivity index (χ1) is 16.4. The lowest BCUT2D eigenvalue weighted by atomic mass is 10.1. The predicted molar refractivity (Wildman–Crippen MR) is 127 cm³/mol. The molecule has 0 aliphatic rings. The summed E-state index contributed by atoms with van der Waals surface area (Å²) in [6, 6.07) is 8.27. The minimum Gasteiger partial charge on any atom is -0.381 e. The first-order valence-corrected chi connectivity index (χ1v) is 10.9. The van der Waals surface area contributed by atoms with Crippen molar-refractivity contribution in [3.8, 4) is 0 Å². The number of halogens is 1. The topological polar surface area (TPSA) is 149 Å². The van der Waals surface area contributed by atoms with Crippen LogP contribution < -0.4 is 16.6 Å². The Morgan fingerprint density at radius 1 is 1.29 bits per heavy atom. The number of nitrogens with one attached hydrogen (secondary N) is 2. The maximum atomic E-state index is 13.5. The molecular weight excluding hydrogens is 458 g/mol. The van der Waals surface area contributed by atoms with Gasteiger partial charge in [0.25, 0.3) is 11.5 Å². The minimum absolute atomic E-state index is 0.0661. The number of aromatic nitrogens is 7. The SMILES string of the molecule is CC(NC(=O)c1c(N)nn2cccnc12)c1cc2cccc(Cl)c2c(=O)n1CCc1ncn[nH]1. The molecule has 5 aromatic rings. The van der Waals surface area contributed by atoms with Crippen LogP contribution in [-0.2, 0) is 13.0 Å². The number of carbonyl (C=O) groups excluding carboxylic acids is 1. The van der Waals surface area contributed by atoms with Gasteiger partial charge in [0, 0.05) is 31.1 Å². The number of nitrogen functional groups attached to an aromatic ring is 1. The van der Waals surface area contributed by atoms with E-state index in [1.165, 1.54) is 10.8 Å². The molecule has 0 saturated heterocycles. The number of fused-ring (bicyclic) bond motifs is 2. The molecule has 11 nitrogen and oxygen atoms in total. The number of aryl methyl sites for hydroxylation is 1. The summed E-state index contributed by atoms with van der Waals surface area (Å²) in [6.45, 7) is 2.11. The summed E-state index contributed by atoms with van der Waals surface area (Å²) in [6.07, 6.45) is 5.07. The fourth-order valence-corrected chi connectivity index (χ4v) is 4.26. The van der Waals surface area contributed by atoms with Crippen molar-refractivity contribution in [1.29, 1.82) is 0 Å². The fourth-order valence-electron chi connectivity index (χ4n) is 4.00. The monoisotopic (exact) mass is 477 g/mol. The van der Waals surface area contributed by atoms with Crippen LogP contribution in [0.2, 0.25) is 5.02 Å². The predicted octanol–water partition coefficient (Wildman–Crippen LogP) is 2.13. The summed E-state index contributed by atoms with van der Waals surface area (Å²) in [7, 11) is 0. The molecule has 1 aromatic carbocycles. The molecule has 12 heteroatoms. The lowest BCUT2D eigenvalue weighted by Crippen LogP contribution is -2.33. The Balaban J connectivity index is 1.54. The molecule has 0 aliphatic carbocycles. The smallest absolute Gasteiger partial charge is 0.260 e. The standard InChI is InChI=1S/C22H20ClN9O2/c1-12(28-21(33)18-19(24)30-32-8-3-7-25-20(18)32)15-10-13-4-2-5-14(23)17(13)22(34)31(15)9-6-16-26-11-27-29-16/h2-5,7-8,10-12H,6,9H2,1H3,(H2,24,30)(H,28,33)(H,26,27,29). The van der Waals surface area contributed by atoms with E-state index < -0.39 is 11.9 Å². The van der Waals surface area contributed by atoms with Crippen LogP contribution in [-0.4, -0.2) is 40.3 Å². The van der Waals surface area contributed by atoms with Crippen molar-refractivity contribution in [3.05, 3.63) is 81.5 Å². The average molecular weight is 478 g/mol. The van der Waals surface area contributed by atoms with Gasteiger partial charge < -0.3 is 15.6 Å². The van der Waals surface area contributed by atoms with Crippen LogP contribution in [0.15, 0.2) is 53.8 Å². The third kappa shape index (κ3) is 3.75. The third-order valence-corrected chi connectivity index (χ3v) is 5.91. The number of hydrogen-bond donors (Lipinski definition) is 3. The van der Waals surface area contributed by atoms with E-state index in [-0.39, 0.29) is 16.9 Å². The second-order valence-electron chi connectivity index (χ2n) is 7.76. The van der Waals surface area contributed by atoms with Crippen molar-refractivity contribution in [2.45, 2.75) is 25.9 Å². The van der Waals surface area contributed by atoms with Gasteiger partial charge in [0.1, 0.15) is 17.7 Å². The minimum atomic E-state index is -0.545. The van der Waals surface area contributed by atoms with Crippen molar-refractivity contribution >= 4 is 39.7 Å². The molecule has 0 spiro atoms. The number of rotatable bonds is 6. The van der Waals surface area contributed by atoms with Gasteiger partial charge in [0.15, 0.2) is 11.5 Å². The Labute approximate surface area is 197 Å². The zero-order valence-corrected chi connectivity index (χ0v) is 18.8. The molecule has 1 unspecified atom stereocenters. The van der Waals surface area contributed by atoms with Crippen molar-refractivity contribution < 1.29 is 4.79 Å². The largest absolute Gasteiger partial charge is 0.381 e. The van der Waals surface area contributed by atoms with E-state index in [1.807, 2.05) is 12.1 Å².